The number of pyridine rings is 2. The van der Waals surface area contributed by atoms with Crippen molar-refractivity contribution >= 4 is 29.5 Å². The van der Waals surface area contributed by atoms with E-state index in [0.717, 1.165) is 11.3 Å². The number of nitrogens with zero attached hydrogens (tertiary/aromatic N) is 1. The minimum absolute atomic E-state index is 0.0802. The second kappa shape index (κ2) is 9.18. The Labute approximate surface area is 170 Å². The zero-order valence-corrected chi connectivity index (χ0v) is 17.5. The van der Waals surface area contributed by atoms with Crippen LogP contribution in [0.1, 0.15) is 48.7 Å². The zero-order valence-electron chi connectivity index (χ0n) is 17.5. The fourth-order valence-corrected chi connectivity index (χ4v) is 2.97. The number of rotatable bonds is 8. The molecule has 0 atom stereocenters. The van der Waals surface area contributed by atoms with Gasteiger partial charge in [-0.25, -0.2) is 4.98 Å². The molecule has 0 aliphatic rings. The van der Waals surface area contributed by atoms with Gasteiger partial charge in [0.15, 0.2) is 0 Å². The highest BCUT2D eigenvalue weighted by Gasteiger charge is 2.16. The molecule has 0 unspecified atom stereocenters. The smallest absolute Gasteiger partial charge is 0.253 e. The SMILES string of the molecule is C=C(NCc1c(C)cc(C)[nH]c1=O)c1cc(NC(C)=O)nc(NC(C)C)c1C=N. The second-order valence-electron chi connectivity index (χ2n) is 7.22. The van der Waals surface area contributed by atoms with E-state index in [4.69, 9.17) is 5.41 Å². The highest BCUT2D eigenvalue weighted by molar-refractivity contribution is 5.95. The first-order chi connectivity index (χ1) is 13.6. The average Bonchev–Trinajstić information content (AvgIpc) is 2.59. The molecule has 0 radical (unpaired) electrons. The van der Waals surface area contributed by atoms with Gasteiger partial charge in [0.05, 0.1) is 0 Å². The van der Waals surface area contributed by atoms with Crippen molar-refractivity contribution in [1.82, 2.24) is 15.3 Å². The summed E-state index contributed by atoms with van der Waals surface area (Å²) in [5.41, 5.74) is 3.83. The standard InChI is InChI=1S/C21H28N6O2/c1-11(2)24-20-17(9-22)16(8-19(27-20)26-15(6)28)14(5)23-10-18-12(3)7-13(4)25-21(18)29/h7-9,11,22-23H,5,10H2,1-4,6H3,(H,25,29)(H2,24,26,27,28). The minimum atomic E-state index is -0.248. The summed E-state index contributed by atoms with van der Waals surface area (Å²) < 4.78 is 0. The Kier molecular flexibility index (Phi) is 6.93. The Morgan fingerprint density at radius 1 is 1.34 bits per heavy atom. The lowest BCUT2D eigenvalue weighted by molar-refractivity contribution is -0.114. The van der Waals surface area contributed by atoms with Crippen LogP contribution in [0.3, 0.4) is 0 Å². The summed E-state index contributed by atoms with van der Waals surface area (Å²) in [5, 5.41) is 16.9. The Morgan fingerprint density at radius 3 is 2.59 bits per heavy atom. The van der Waals surface area contributed by atoms with Gasteiger partial charge in [-0.3, -0.25) is 9.59 Å². The number of amides is 1. The number of anilines is 2. The number of nitrogens with one attached hydrogen (secondary N) is 5. The predicted octanol–water partition coefficient (Wildman–Crippen LogP) is 2.92. The van der Waals surface area contributed by atoms with Crippen molar-refractivity contribution < 1.29 is 4.79 Å². The zero-order chi connectivity index (χ0) is 21.7. The van der Waals surface area contributed by atoms with Gasteiger partial charge in [-0.1, -0.05) is 6.58 Å². The molecule has 0 saturated heterocycles. The fraction of sp³-hybridized carbons (Fsp3) is 0.333. The van der Waals surface area contributed by atoms with E-state index in [9.17, 15) is 9.59 Å². The second-order valence-corrected chi connectivity index (χ2v) is 7.22. The van der Waals surface area contributed by atoms with Crippen molar-refractivity contribution in [2.75, 3.05) is 10.6 Å². The van der Waals surface area contributed by atoms with Crippen molar-refractivity contribution in [3.8, 4) is 0 Å². The fourth-order valence-electron chi connectivity index (χ4n) is 2.97. The maximum atomic E-state index is 12.3. The van der Waals surface area contributed by atoms with Crippen molar-refractivity contribution in [3.63, 3.8) is 0 Å². The number of hydrogen-bond acceptors (Lipinski definition) is 6. The van der Waals surface area contributed by atoms with Crippen LogP contribution in [0, 0.1) is 19.3 Å². The Balaban J connectivity index is 2.40. The van der Waals surface area contributed by atoms with Gasteiger partial charge in [0.1, 0.15) is 11.6 Å². The Bertz CT molecular complexity index is 1010. The van der Waals surface area contributed by atoms with Gasteiger partial charge in [0, 0.05) is 53.8 Å². The van der Waals surface area contributed by atoms with Crippen LogP contribution in [0.25, 0.3) is 5.70 Å². The van der Waals surface area contributed by atoms with E-state index in [-0.39, 0.29) is 24.1 Å². The molecular weight excluding hydrogens is 368 g/mol. The monoisotopic (exact) mass is 396 g/mol. The van der Waals surface area contributed by atoms with E-state index in [1.807, 2.05) is 33.8 Å². The van der Waals surface area contributed by atoms with Crippen LogP contribution < -0.4 is 21.5 Å². The van der Waals surface area contributed by atoms with E-state index < -0.39 is 0 Å². The van der Waals surface area contributed by atoms with Gasteiger partial charge in [-0.2, -0.15) is 0 Å². The van der Waals surface area contributed by atoms with Gasteiger partial charge in [-0.15, -0.1) is 0 Å². The van der Waals surface area contributed by atoms with Crippen LogP contribution in [0.4, 0.5) is 11.6 Å². The van der Waals surface area contributed by atoms with Crippen molar-refractivity contribution in [2.24, 2.45) is 0 Å². The van der Waals surface area contributed by atoms with Crippen LogP contribution in [0.15, 0.2) is 23.5 Å². The van der Waals surface area contributed by atoms with Crippen molar-refractivity contribution in [2.45, 2.75) is 47.2 Å². The quantitative estimate of drug-likeness (QED) is 0.439. The molecular formula is C21H28N6O2. The molecule has 0 aliphatic carbocycles. The third kappa shape index (κ3) is 5.54. The average molecular weight is 396 g/mol. The maximum Gasteiger partial charge on any atom is 0.253 e. The number of carbonyl (C=O) groups excluding carboxylic acids is 1. The Hall–Kier alpha value is -3.42. The van der Waals surface area contributed by atoms with Crippen LogP contribution in [-0.2, 0) is 11.3 Å². The van der Waals surface area contributed by atoms with Gasteiger partial charge in [0.25, 0.3) is 5.56 Å². The predicted molar refractivity (Wildman–Crippen MR) is 118 cm³/mol. The number of aryl methyl sites for hydroxylation is 2. The highest BCUT2D eigenvalue weighted by Crippen LogP contribution is 2.25. The summed E-state index contributed by atoms with van der Waals surface area (Å²) in [5.74, 6) is 0.582. The third-order valence-corrected chi connectivity index (χ3v) is 4.23. The molecule has 2 heterocycles. The summed E-state index contributed by atoms with van der Waals surface area (Å²) in [6, 6.07) is 3.65. The Morgan fingerprint density at radius 2 is 2.03 bits per heavy atom. The van der Waals surface area contributed by atoms with Gasteiger partial charge < -0.3 is 26.3 Å². The summed E-state index contributed by atoms with van der Waals surface area (Å²) in [6.45, 7) is 13.4. The van der Waals surface area contributed by atoms with E-state index in [0.29, 0.717) is 34.0 Å². The molecule has 154 valence electrons. The normalized spacial score (nSPS) is 10.6. The number of aromatic amines is 1. The van der Waals surface area contributed by atoms with Gasteiger partial charge >= 0.3 is 0 Å². The molecule has 1 amide bonds. The lowest BCUT2D eigenvalue weighted by atomic mass is 10.1. The third-order valence-electron chi connectivity index (χ3n) is 4.23. The molecule has 0 aliphatic heterocycles. The first kappa shape index (κ1) is 21.9. The highest BCUT2D eigenvalue weighted by atomic mass is 16.1. The van der Waals surface area contributed by atoms with Gasteiger partial charge in [0.2, 0.25) is 5.91 Å². The van der Waals surface area contributed by atoms with E-state index in [1.165, 1.54) is 13.1 Å². The number of aromatic nitrogens is 2. The molecule has 2 aromatic rings. The molecule has 0 saturated carbocycles. The van der Waals surface area contributed by atoms with Crippen molar-refractivity contribution in [1.29, 1.82) is 5.41 Å². The molecule has 8 heteroatoms. The summed E-state index contributed by atoms with van der Waals surface area (Å²) >= 11 is 0. The number of H-pyrrole nitrogens is 1. The molecule has 5 N–H and O–H groups in total. The summed E-state index contributed by atoms with van der Waals surface area (Å²) in [4.78, 5) is 31.0. The van der Waals surface area contributed by atoms with Crippen LogP contribution in [0.5, 0.6) is 0 Å². The molecule has 0 fully saturated rings. The molecule has 0 spiro atoms. The first-order valence-electron chi connectivity index (χ1n) is 9.34. The minimum Gasteiger partial charge on any atom is -0.381 e. The van der Waals surface area contributed by atoms with E-state index >= 15 is 0 Å². The molecule has 29 heavy (non-hydrogen) atoms. The van der Waals surface area contributed by atoms with Crippen molar-refractivity contribution in [3.05, 3.63) is 57.0 Å². The largest absolute Gasteiger partial charge is 0.381 e. The van der Waals surface area contributed by atoms with Crippen LogP contribution >= 0.6 is 0 Å². The van der Waals surface area contributed by atoms with E-state index in [2.05, 4.69) is 32.5 Å². The van der Waals surface area contributed by atoms with Crippen LogP contribution in [-0.4, -0.2) is 28.1 Å². The molecule has 8 nitrogen and oxygen atoms in total. The summed E-state index contributed by atoms with van der Waals surface area (Å²) in [6.07, 6.45) is 1.20. The first-order valence-corrected chi connectivity index (χ1v) is 9.34. The molecule has 0 bridgehead atoms. The number of carbonyl (C=O) groups is 1. The number of hydrogen-bond donors (Lipinski definition) is 5. The maximum absolute atomic E-state index is 12.3. The molecule has 0 aromatic carbocycles. The van der Waals surface area contributed by atoms with Crippen LogP contribution in [0.2, 0.25) is 0 Å². The van der Waals surface area contributed by atoms with Gasteiger partial charge in [-0.05, 0) is 45.4 Å². The summed E-state index contributed by atoms with van der Waals surface area (Å²) in [7, 11) is 0. The molecule has 2 rings (SSSR count). The lowest BCUT2D eigenvalue weighted by Crippen LogP contribution is -2.23. The lowest BCUT2D eigenvalue weighted by Gasteiger charge is -2.19. The topological polar surface area (TPSA) is 123 Å². The molecule has 2 aromatic heterocycles. The van der Waals surface area contributed by atoms with E-state index in [1.54, 1.807) is 6.07 Å².